The highest BCUT2D eigenvalue weighted by Crippen LogP contribution is 2.57. The van der Waals surface area contributed by atoms with Gasteiger partial charge in [-0.25, -0.2) is 0 Å². The van der Waals surface area contributed by atoms with Gasteiger partial charge in [-0.15, -0.1) is 0 Å². The van der Waals surface area contributed by atoms with E-state index < -0.39 is 0 Å². The minimum Gasteiger partial charge on any atom is -0.493 e. The third-order valence-electron chi connectivity index (χ3n) is 19.1. The van der Waals surface area contributed by atoms with Crippen LogP contribution in [0.15, 0.2) is 292 Å². The molecule has 12 aromatic carbocycles. The second-order valence-electron chi connectivity index (χ2n) is 24.4. The van der Waals surface area contributed by atoms with E-state index in [1.807, 2.05) is 12.2 Å². The molecule has 1 heterocycles. The lowest BCUT2D eigenvalue weighted by molar-refractivity contribution is 0.230. The van der Waals surface area contributed by atoms with Crippen LogP contribution in [-0.2, 0) is 5.41 Å². The Kier molecular flexibility index (Phi) is 15.9. The number of aryl methyl sites for hydroxylation is 2. The summed E-state index contributed by atoms with van der Waals surface area (Å²) < 4.78 is 9.12. The molecular weight excluding hydrogens is 1090 g/mol. The van der Waals surface area contributed by atoms with E-state index in [9.17, 15) is 0 Å². The van der Waals surface area contributed by atoms with Crippen LogP contribution in [0.25, 0.3) is 95.3 Å². The van der Waals surface area contributed by atoms with Crippen LogP contribution in [0, 0.1) is 19.8 Å². The molecule has 0 bridgehead atoms. The van der Waals surface area contributed by atoms with E-state index in [0.717, 1.165) is 77.3 Å². The zero-order valence-corrected chi connectivity index (χ0v) is 51.7. The molecule has 0 fully saturated rings. The summed E-state index contributed by atoms with van der Waals surface area (Å²) in [5.41, 5.74) is 27.3. The van der Waals surface area contributed by atoms with Crippen LogP contribution in [0.1, 0.15) is 78.0 Å². The molecule has 0 N–H and O–H groups in total. The highest BCUT2D eigenvalue weighted by Gasteiger charge is 2.44. The van der Waals surface area contributed by atoms with Gasteiger partial charge in [0, 0.05) is 38.9 Å². The lowest BCUT2D eigenvalue weighted by atomic mass is 9.69. The first-order chi connectivity index (χ1) is 44.3. The Labute approximate surface area is 531 Å². The van der Waals surface area contributed by atoms with Crippen LogP contribution in [0.3, 0.4) is 0 Å². The molecule has 13 aromatic rings. The van der Waals surface area contributed by atoms with Gasteiger partial charge in [-0.2, -0.15) is 0 Å². The lowest BCUT2D eigenvalue weighted by Gasteiger charge is -2.34. The van der Waals surface area contributed by atoms with Crippen molar-refractivity contribution in [3.05, 3.63) is 331 Å². The summed E-state index contributed by atoms with van der Waals surface area (Å²) in [6, 6.07) is 103. The summed E-state index contributed by atoms with van der Waals surface area (Å²) in [6.45, 7) is 15.3. The quantitative estimate of drug-likeness (QED) is 0.0708. The number of unbranched alkanes of at least 4 members (excludes halogenated alkanes) is 1. The van der Waals surface area contributed by atoms with Gasteiger partial charge in [-0.05, 0) is 212 Å². The van der Waals surface area contributed by atoms with Crippen LogP contribution in [0.4, 0.5) is 17.1 Å². The average molecular weight is 1160 g/mol. The predicted octanol–water partition coefficient (Wildman–Crippen LogP) is 23.8. The number of benzene rings is 12. The SMILES string of the molecule is C=Cc1ccc(-c2ccc3c(c2)c2cc(-c4ccc(N(c5ccc(-c6ccccc6)cc5)c5ccc6c(c5)C(CCCCC(CC)COc5cc(C)c(-c7ccc(C=C)cc7)cc5C)(c5ccccc5)c5ccccc5-6)cc4)ccc2n3-c2ccccc2)cc1. The van der Waals surface area contributed by atoms with E-state index in [2.05, 4.69) is 322 Å². The number of aromatic nitrogens is 1. The van der Waals surface area contributed by atoms with E-state index >= 15 is 0 Å². The van der Waals surface area contributed by atoms with Crippen molar-refractivity contribution in [1.29, 1.82) is 0 Å². The Bertz CT molecular complexity index is 4710. The summed E-state index contributed by atoms with van der Waals surface area (Å²) >= 11 is 0. The van der Waals surface area contributed by atoms with Crippen molar-refractivity contribution >= 4 is 51.0 Å². The maximum Gasteiger partial charge on any atom is 0.122 e. The lowest BCUT2D eigenvalue weighted by Crippen LogP contribution is -2.27. The van der Waals surface area contributed by atoms with Crippen molar-refractivity contribution in [3.63, 3.8) is 0 Å². The van der Waals surface area contributed by atoms with Crippen molar-refractivity contribution in [1.82, 2.24) is 4.57 Å². The predicted molar refractivity (Wildman–Crippen MR) is 383 cm³/mol. The molecule has 0 saturated heterocycles. The van der Waals surface area contributed by atoms with Gasteiger partial charge in [-0.1, -0.05) is 246 Å². The molecule has 0 amide bonds. The Morgan fingerprint density at radius 1 is 0.433 bits per heavy atom. The fourth-order valence-corrected chi connectivity index (χ4v) is 14.2. The summed E-state index contributed by atoms with van der Waals surface area (Å²) in [5.74, 6) is 1.42. The van der Waals surface area contributed by atoms with Gasteiger partial charge >= 0.3 is 0 Å². The van der Waals surface area contributed by atoms with Crippen molar-refractivity contribution < 1.29 is 4.74 Å². The number of ether oxygens (including phenoxy) is 1. The fraction of sp³-hybridized carbons (Fsp3) is 0.126. The second-order valence-corrected chi connectivity index (χ2v) is 24.4. The van der Waals surface area contributed by atoms with E-state index in [1.165, 1.54) is 99.7 Å². The molecule has 0 saturated carbocycles. The second kappa shape index (κ2) is 25.0. The molecule has 3 nitrogen and oxygen atoms in total. The molecule has 0 aliphatic heterocycles. The van der Waals surface area contributed by atoms with Crippen LogP contribution < -0.4 is 9.64 Å². The van der Waals surface area contributed by atoms with Gasteiger partial charge < -0.3 is 14.2 Å². The molecule has 3 heteroatoms. The van der Waals surface area contributed by atoms with Crippen molar-refractivity contribution in [2.24, 2.45) is 5.92 Å². The van der Waals surface area contributed by atoms with Crippen molar-refractivity contribution in [3.8, 4) is 67.1 Å². The Morgan fingerprint density at radius 2 is 0.933 bits per heavy atom. The first kappa shape index (κ1) is 57.3. The van der Waals surface area contributed by atoms with E-state index in [0.29, 0.717) is 12.5 Å². The van der Waals surface area contributed by atoms with Gasteiger partial charge in [0.05, 0.1) is 17.6 Å². The average Bonchev–Trinajstić information content (AvgIpc) is 1.60. The van der Waals surface area contributed by atoms with Gasteiger partial charge in [0.1, 0.15) is 5.75 Å². The third-order valence-corrected chi connectivity index (χ3v) is 19.1. The monoisotopic (exact) mass is 1160 g/mol. The van der Waals surface area contributed by atoms with Crippen molar-refractivity contribution in [2.75, 3.05) is 11.5 Å². The molecule has 2 unspecified atom stereocenters. The molecule has 90 heavy (non-hydrogen) atoms. The summed E-state index contributed by atoms with van der Waals surface area (Å²) in [5, 5.41) is 2.44. The van der Waals surface area contributed by atoms with Crippen LogP contribution in [0.2, 0.25) is 0 Å². The van der Waals surface area contributed by atoms with E-state index in [4.69, 9.17) is 4.74 Å². The highest BCUT2D eigenvalue weighted by atomic mass is 16.5. The summed E-state index contributed by atoms with van der Waals surface area (Å²) in [4.78, 5) is 2.46. The number of rotatable bonds is 20. The molecule has 14 rings (SSSR count). The van der Waals surface area contributed by atoms with Gasteiger partial charge in [0.2, 0.25) is 0 Å². The molecule has 0 radical (unpaired) electrons. The Hall–Kier alpha value is -10.5. The van der Waals surface area contributed by atoms with Crippen LogP contribution in [-0.4, -0.2) is 11.2 Å². The number of nitrogens with zero attached hydrogens (tertiary/aromatic N) is 2. The normalized spacial score (nSPS) is 13.6. The van der Waals surface area contributed by atoms with Gasteiger partial charge in [-0.3, -0.25) is 0 Å². The number of hydrogen-bond acceptors (Lipinski definition) is 2. The highest BCUT2D eigenvalue weighted by molar-refractivity contribution is 6.11. The molecule has 438 valence electrons. The molecule has 1 aliphatic carbocycles. The van der Waals surface area contributed by atoms with Crippen LogP contribution in [0.5, 0.6) is 5.75 Å². The molecule has 1 aromatic heterocycles. The number of hydrogen-bond donors (Lipinski definition) is 0. The standard InChI is InChI=1S/C87H74N2O/c1-6-62-31-35-67(36-32-62)70-43-51-84-80(56-70)81-57-71(44-52-85(81)89(84)73-27-16-11-17-28-73)68-41-47-75(48-42-68)88(74-45-39-66(40-46-74)65-23-12-9-13-24-65)76-49-50-78-77-29-18-19-30-82(77)87(83(78)58-76,72-25-14-10-15-26-72)53-21-20-22-64(8-3)59-90-86-55-60(4)79(54-61(86)5)69-37-33-63(7-2)34-38-69/h6-7,9-19,23-52,54-58,64H,1-2,8,20-22,53,59H2,3-5H3. The fourth-order valence-electron chi connectivity index (χ4n) is 14.2. The van der Waals surface area contributed by atoms with E-state index in [-0.39, 0.29) is 5.41 Å². The largest absolute Gasteiger partial charge is 0.493 e. The van der Waals surface area contributed by atoms with Crippen LogP contribution >= 0.6 is 0 Å². The molecule has 0 spiro atoms. The first-order valence-electron chi connectivity index (χ1n) is 32.0. The number of anilines is 3. The maximum absolute atomic E-state index is 6.72. The van der Waals surface area contributed by atoms with E-state index in [1.54, 1.807) is 0 Å². The summed E-state index contributed by atoms with van der Waals surface area (Å²) in [6.07, 6.45) is 9.10. The van der Waals surface area contributed by atoms with Crippen molar-refractivity contribution in [2.45, 2.75) is 58.3 Å². The van der Waals surface area contributed by atoms with Gasteiger partial charge in [0.15, 0.2) is 0 Å². The van der Waals surface area contributed by atoms with Gasteiger partial charge in [0.25, 0.3) is 0 Å². The topological polar surface area (TPSA) is 17.4 Å². The zero-order chi connectivity index (χ0) is 61.1. The Balaban J connectivity index is 0.800. The number of fused-ring (bicyclic) bond motifs is 6. The molecular formula is C87H74N2O. The Morgan fingerprint density at radius 3 is 1.53 bits per heavy atom. The molecule has 2 atom stereocenters. The number of para-hydroxylation sites is 1. The maximum atomic E-state index is 6.72. The zero-order valence-electron chi connectivity index (χ0n) is 51.7. The third kappa shape index (κ3) is 10.9. The first-order valence-corrected chi connectivity index (χ1v) is 32.0. The minimum atomic E-state index is -0.365. The molecule has 1 aliphatic rings. The summed E-state index contributed by atoms with van der Waals surface area (Å²) in [7, 11) is 0. The smallest absolute Gasteiger partial charge is 0.122 e. The minimum absolute atomic E-state index is 0.365.